The molecule has 18 heavy (non-hydrogen) atoms. The zero-order valence-corrected chi connectivity index (χ0v) is 12.7. The zero-order chi connectivity index (χ0) is 13.5. The van der Waals surface area contributed by atoms with Crippen LogP contribution in [-0.2, 0) is 4.79 Å². The molecule has 0 aliphatic heterocycles. The van der Waals surface area contributed by atoms with Crippen LogP contribution in [0.25, 0.3) is 0 Å². The summed E-state index contributed by atoms with van der Waals surface area (Å²) in [4.78, 5) is 14.6. The van der Waals surface area contributed by atoms with Crippen LogP contribution in [0, 0.1) is 0 Å². The largest absolute Gasteiger partial charge is 0.382 e. The fourth-order valence-corrected chi connectivity index (χ4v) is 3.19. The van der Waals surface area contributed by atoms with E-state index in [1.807, 2.05) is 25.0 Å². The first kappa shape index (κ1) is 15.1. The molecule has 102 valence electrons. The van der Waals surface area contributed by atoms with Crippen molar-refractivity contribution >= 4 is 40.0 Å². The minimum atomic E-state index is 0.177. The molecule has 0 saturated heterocycles. The summed E-state index contributed by atoms with van der Waals surface area (Å²) in [6.07, 6.45) is 2.46. The van der Waals surface area contributed by atoms with E-state index in [0.717, 1.165) is 23.0 Å². The van der Waals surface area contributed by atoms with Crippen molar-refractivity contribution in [1.82, 2.24) is 9.27 Å². The predicted octanol–water partition coefficient (Wildman–Crippen LogP) is 2.12. The Bertz CT molecular complexity index is 390. The minimum absolute atomic E-state index is 0.177. The van der Waals surface area contributed by atoms with Gasteiger partial charge in [-0.05, 0) is 31.6 Å². The average Bonchev–Trinajstić information content (AvgIpc) is 2.71. The van der Waals surface area contributed by atoms with Crippen LogP contribution in [-0.4, -0.2) is 41.1 Å². The van der Waals surface area contributed by atoms with E-state index in [1.54, 1.807) is 11.8 Å². The van der Waals surface area contributed by atoms with Crippen molar-refractivity contribution in [2.75, 3.05) is 36.9 Å². The molecule has 0 saturated carbocycles. The van der Waals surface area contributed by atoms with E-state index in [0.29, 0.717) is 18.8 Å². The van der Waals surface area contributed by atoms with Crippen LogP contribution in [0.15, 0.2) is 4.90 Å². The van der Waals surface area contributed by atoms with Crippen molar-refractivity contribution in [3.8, 4) is 0 Å². The predicted molar refractivity (Wildman–Crippen MR) is 79.3 cm³/mol. The Labute approximate surface area is 116 Å². The molecule has 0 fully saturated rings. The first-order valence-corrected chi connectivity index (χ1v) is 7.94. The fourth-order valence-electron chi connectivity index (χ4n) is 1.62. The molecule has 1 aromatic rings. The third-order valence-electron chi connectivity index (χ3n) is 2.62. The van der Waals surface area contributed by atoms with Gasteiger partial charge in [0.1, 0.15) is 5.00 Å². The number of thioether (sulfide) groups is 1. The lowest BCUT2D eigenvalue weighted by atomic mass is 10.3. The molecular formula is C11H20N4OS2. The third kappa shape index (κ3) is 3.78. The normalized spacial score (nSPS) is 10.4. The van der Waals surface area contributed by atoms with Gasteiger partial charge in [-0.1, -0.05) is 0 Å². The summed E-state index contributed by atoms with van der Waals surface area (Å²) in [7, 11) is 0. The maximum atomic E-state index is 11.8. The lowest BCUT2D eigenvalue weighted by Gasteiger charge is -2.18. The van der Waals surface area contributed by atoms with Crippen LogP contribution >= 0.6 is 23.3 Å². The quantitative estimate of drug-likeness (QED) is 0.752. The number of hydrogen-bond acceptors (Lipinski definition) is 6. The van der Waals surface area contributed by atoms with Gasteiger partial charge in [0.05, 0.1) is 4.90 Å². The number of nitrogens with one attached hydrogen (secondary N) is 1. The molecule has 0 radical (unpaired) electrons. The van der Waals surface area contributed by atoms with Gasteiger partial charge in [0.15, 0.2) is 5.82 Å². The second-order valence-corrected chi connectivity index (χ2v) is 5.26. The molecule has 7 heteroatoms. The van der Waals surface area contributed by atoms with E-state index in [1.165, 1.54) is 11.5 Å². The van der Waals surface area contributed by atoms with Crippen molar-refractivity contribution in [2.24, 2.45) is 0 Å². The highest BCUT2D eigenvalue weighted by atomic mass is 32.2. The first-order chi connectivity index (χ1) is 8.63. The molecule has 1 heterocycles. The fraction of sp³-hybridized carbons (Fsp3) is 0.636. The monoisotopic (exact) mass is 288 g/mol. The summed E-state index contributed by atoms with van der Waals surface area (Å²) < 4.78 is 4.09. The molecule has 0 atom stereocenters. The Morgan fingerprint density at radius 3 is 2.72 bits per heavy atom. The molecular weight excluding hydrogens is 268 g/mol. The van der Waals surface area contributed by atoms with Crippen LogP contribution < -0.4 is 11.1 Å². The van der Waals surface area contributed by atoms with Gasteiger partial charge in [-0.15, -0.1) is 11.8 Å². The highest BCUT2D eigenvalue weighted by Gasteiger charge is 2.12. The Morgan fingerprint density at radius 1 is 1.50 bits per heavy atom. The first-order valence-electron chi connectivity index (χ1n) is 5.94. The van der Waals surface area contributed by atoms with Gasteiger partial charge in [-0.2, -0.15) is 4.37 Å². The molecule has 3 N–H and O–H groups in total. The third-order valence-corrected chi connectivity index (χ3v) is 4.39. The second kappa shape index (κ2) is 7.48. The van der Waals surface area contributed by atoms with E-state index in [2.05, 4.69) is 9.69 Å². The summed E-state index contributed by atoms with van der Waals surface area (Å²) in [5.41, 5.74) is 5.74. The van der Waals surface area contributed by atoms with E-state index in [-0.39, 0.29) is 5.91 Å². The van der Waals surface area contributed by atoms with Crippen LogP contribution in [0.5, 0.6) is 0 Å². The van der Waals surface area contributed by atoms with Gasteiger partial charge in [-0.25, -0.2) is 0 Å². The Morgan fingerprint density at radius 2 is 2.17 bits per heavy atom. The minimum Gasteiger partial charge on any atom is -0.382 e. The molecule has 1 amide bonds. The van der Waals surface area contributed by atoms with Crippen molar-refractivity contribution < 1.29 is 4.79 Å². The van der Waals surface area contributed by atoms with Crippen LogP contribution in [0.2, 0.25) is 0 Å². The van der Waals surface area contributed by atoms with Gasteiger partial charge in [0.25, 0.3) is 0 Å². The van der Waals surface area contributed by atoms with E-state index >= 15 is 0 Å². The number of carbonyl (C=O) groups excluding carboxylic acids is 1. The van der Waals surface area contributed by atoms with Gasteiger partial charge in [0.2, 0.25) is 5.91 Å². The van der Waals surface area contributed by atoms with Crippen molar-refractivity contribution in [3.63, 3.8) is 0 Å². The average molecular weight is 288 g/mol. The molecule has 0 spiro atoms. The van der Waals surface area contributed by atoms with E-state index in [4.69, 9.17) is 5.73 Å². The lowest BCUT2D eigenvalue weighted by molar-refractivity contribution is -0.130. The Hall–Kier alpha value is -0.950. The number of nitrogen functional groups attached to an aromatic ring is 1. The molecule has 1 aromatic heterocycles. The van der Waals surface area contributed by atoms with Gasteiger partial charge >= 0.3 is 0 Å². The summed E-state index contributed by atoms with van der Waals surface area (Å²) in [5.74, 6) is 0.737. The summed E-state index contributed by atoms with van der Waals surface area (Å²) in [5, 5.41) is 4.18. The highest BCUT2D eigenvalue weighted by molar-refractivity contribution is 7.99. The molecule has 1 rings (SSSR count). The Balaban J connectivity index is 2.44. The van der Waals surface area contributed by atoms with Gasteiger partial charge in [-0.3, -0.25) is 4.79 Å². The summed E-state index contributed by atoms with van der Waals surface area (Å²) in [6.45, 7) is 6.12. The van der Waals surface area contributed by atoms with Crippen molar-refractivity contribution in [1.29, 1.82) is 0 Å². The van der Waals surface area contributed by atoms with Gasteiger partial charge in [0, 0.05) is 26.1 Å². The molecule has 0 unspecified atom stereocenters. The van der Waals surface area contributed by atoms with E-state index < -0.39 is 0 Å². The van der Waals surface area contributed by atoms with Crippen LogP contribution in [0.1, 0.15) is 20.3 Å². The number of aromatic nitrogens is 1. The lowest BCUT2D eigenvalue weighted by Crippen LogP contribution is -2.31. The molecule has 0 aromatic carbocycles. The summed E-state index contributed by atoms with van der Waals surface area (Å²) >= 11 is 2.91. The molecule has 0 aliphatic rings. The maximum Gasteiger partial charge on any atom is 0.224 e. The van der Waals surface area contributed by atoms with Crippen molar-refractivity contribution in [2.45, 2.75) is 25.2 Å². The smallest absolute Gasteiger partial charge is 0.224 e. The van der Waals surface area contributed by atoms with Gasteiger partial charge < -0.3 is 16.0 Å². The zero-order valence-electron chi connectivity index (χ0n) is 11.0. The standard InChI is InChI=1S/C11H20N4OS2/c1-4-15(5-2)8(16)6-7-13-11-9(17-3)10(12)14-18-11/h13H,4-7H2,1-3H3,(H2,12,14). The second-order valence-electron chi connectivity index (χ2n) is 3.67. The number of rotatable bonds is 7. The molecule has 0 aliphatic carbocycles. The number of anilines is 2. The highest BCUT2D eigenvalue weighted by Crippen LogP contribution is 2.34. The van der Waals surface area contributed by atoms with Crippen molar-refractivity contribution in [3.05, 3.63) is 0 Å². The number of nitrogens with zero attached hydrogens (tertiary/aromatic N) is 2. The van der Waals surface area contributed by atoms with Crippen LogP contribution in [0.4, 0.5) is 10.8 Å². The SMILES string of the molecule is CCN(CC)C(=O)CCNc1snc(N)c1SC. The number of nitrogens with two attached hydrogens (primary N) is 1. The summed E-state index contributed by atoms with van der Waals surface area (Å²) in [6, 6.07) is 0. The Kier molecular flexibility index (Phi) is 6.28. The molecule has 5 nitrogen and oxygen atoms in total. The number of hydrogen-bond donors (Lipinski definition) is 2. The van der Waals surface area contributed by atoms with Crippen LogP contribution in [0.3, 0.4) is 0 Å². The maximum absolute atomic E-state index is 11.8. The topological polar surface area (TPSA) is 71.2 Å². The number of amides is 1. The molecule has 0 bridgehead atoms. The number of carbonyl (C=O) groups is 1. The van der Waals surface area contributed by atoms with E-state index in [9.17, 15) is 4.79 Å².